The zero-order chi connectivity index (χ0) is 12.3. The molecule has 2 heterocycles. The summed E-state index contributed by atoms with van der Waals surface area (Å²) in [5, 5.41) is 8.90. The van der Waals surface area contributed by atoms with E-state index in [4.69, 9.17) is 5.26 Å². The van der Waals surface area contributed by atoms with Crippen molar-refractivity contribution in [3.8, 4) is 6.07 Å². The molecule has 0 aliphatic heterocycles. The molecule has 0 aliphatic carbocycles. The first-order valence-corrected chi connectivity index (χ1v) is 5.08. The maximum Gasteiger partial charge on any atom is 0.347 e. The van der Waals surface area contributed by atoms with Crippen LogP contribution in [0.1, 0.15) is 16.8 Å². The fraction of sp³-hybridized carbons (Fsp3) is 0.167. The smallest absolute Gasteiger partial charge is 0.294 e. The molecule has 0 aromatic carbocycles. The van der Waals surface area contributed by atoms with Gasteiger partial charge in [-0.25, -0.2) is 14.8 Å². The van der Waals surface area contributed by atoms with E-state index in [1.165, 1.54) is 10.8 Å². The normalized spacial score (nSPS) is 9.88. The highest BCUT2D eigenvalue weighted by Gasteiger charge is 2.04. The molecular formula is C12H10N4O. The summed E-state index contributed by atoms with van der Waals surface area (Å²) >= 11 is 0. The minimum Gasteiger partial charge on any atom is -0.294 e. The maximum atomic E-state index is 11.5. The van der Waals surface area contributed by atoms with Gasteiger partial charge in [-0.2, -0.15) is 5.26 Å². The molecule has 5 nitrogen and oxygen atoms in total. The van der Waals surface area contributed by atoms with Gasteiger partial charge in [0.2, 0.25) is 0 Å². The van der Waals surface area contributed by atoms with E-state index in [1.54, 1.807) is 24.5 Å². The van der Waals surface area contributed by atoms with Gasteiger partial charge in [0.25, 0.3) is 0 Å². The fourth-order valence-electron chi connectivity index (χ4n) is 1.53. The molecule has 0 unspecified atom stereocenters. The summed E-state index contributed by atoms with van der Waals surface area (Å²) in [6, 6.07) is 5.52. The van der Waals surface area contributed by atoms with Crippen LogP contribution >= 0.6 is 0 Å². The van der Waals surface area contributed by atoms with Crippen LogP contribution < -0.4 is 5.69 Å². The molecule has 0 atom stereocenters. The largest absolute Gasteiger partial charge is 0.347 e. The van der Waals surface area contributed by atoms with Crippen LogP contribution in [0.4, 0.5) is 0 Å². The third-order valence-electron chi connectivity index (χ3n) is 2.32. The van der Waals surface area contributed by atoms with Crippen molar-refractivity contribution < 1.29 is 0 Å². The summed E-state index contributed by atoms with van der Waals surface area (Å²) in [6.45, 7) is 2.17. The van der Waals surface area contributed by atoms with E-state index in [2.05, 4.69) is 9.97 Å². The Morgan fingerprint density at radius 2 is 2.29 bits per heavy atom. The minimum absolute atomic E-state index is 0.310. The monoisotopic (exact) mass is 226 g/mol. The predicted octanol–water partition coefficient (Wildman–Crippen LogP) is 0.867. The summed E-state index contributed by atoms with van der Waals surface area (Å²) in [5.41, 5.74) is 1.61. The van der Waals surface area contributed by atoms with Crippen molar-refractivity contribution in [2.24, 2.45) is 0 Å². The molecule has 0 spiro atoms. The van der Waals surface area contributed by atoms with Gasteiger partial charge in [-0.1, -0.05) is 6.07 Å². The van der Waals surface area contributed by atoms with Crippen molar-refractivity contribution in [2.45, 2.75) is 13.5 Å². The molecule has 17 heavy (non-hydrogen) atoms. The molecule has 0 radical (unpaired) electrons. The lowest BCUT2D eigenvalue weighted by atomic mass is 10.2. The molecule has 84 valence electrons. The molecule has 2 aromatic rings. The molecule has 2 rings (SSSR count). The van der Waals surface area contributed by atoms with E-state index >= 15 is 0 Å². The van der Waals surface area contributed by atoms with Crippen LogP contribution in [0.5, 0.6) is 0 Å². The van der Waals surface area contributed by atoms with Crippen molar-refractivity contribution in [3.05, 3.63) is 58.0 Å². The van der Waals surface area contributed by atoms with Crippen molar-refractivity contribution in [3.63, 3.8) is 0 Å². The van der Waals surface area contributed by atoms with Gasteiger partial charge in [0.15, 0.2) is 0 Å². The summed E-state index contributed by atoms with van der Waals surface area (Å²) in [6.07, 6.45) is 4.79. The standard InChI is InChI=1S/C12H10N4O/c1-9-6-15-12(17)16(7-9)8-10-3-2-4-14-11(10)5-13/h2-4,6-7H,8H2,1H3. The highest BCUT2D eigenvalue weighted by Crippen LogP contribution is 2.05. The summed E-state index contributed by atoms with van der Waals surface area (Å²) in [7, 11) is 0. The second kappa shape index (κ2) is 4.58. The average molecular weight is 226 g/mol. The van der Waals surface area contributed by atoms with Crippen LogP contribution in [-0.4, -0.2) is 14.5 Å². The Balaban J connectivity index is 2.42. The van der Waals surface area contributed by atoms with Gasteiger partial charge in [-0.15, -0.1) is 0 Å². The first-order valence-electron chi connectivity index (χ1n) is 5.08. The molecule has 0 N–H and O–H groups in total. The first-order chi connectivity index (χ1) is 8.20. The Hall–Kier alpha value is -2.48. The van der Waals surface area contributed by atoms with Gasteiger partial charge in [0.1, 0.15) is 11.8 Å². The van der Waals surface area contributed by atoms with E-state index in [0.29, 0.717) is 17.8 Å². The fourth-order valence-corrected chi connectivity index (χ4v) is 1.53. The topological polar surface area (TPSA) is 71.6 Å². The first kappa shape index (κ1) is 11.0. The number of hydrogen-bond acceptors (Lipinski definition) is 4. The Bertz CT molecular complexity index is 639. The average Bonchev–Trinajstić information content (AvgIpc) is 2.34. The van der Waals surface area contributed by atoms with Crippen LogP contribution in [0.3, 0.4) is 0 Å². The third-order valence-corrected chi connectivity index (χ3v) is 2.32. The zero-order valence-corrected chi connectivity index (χ0v) is 9.29. The van der Waals surface area contributed by atoms with Crippen LogP contribution in [0, 0.1) is 18.3 Å². The Labute approximate surface area is 98.0 Å². The molecule has 5 heteroatoms. The SMILES string of the molecule is Cc1cnc(=O)n(Cc2cccnc2C#N)c1. The summed E-state index contributed by atoms with van der Waals surface area (Å²) in [5.74, 6) is 0. The highest BCUT2D eigenvalue weighted by atomic mass is 16.1. The van der Waals surface area contributed by atoms with E-state index in [9.17, 15) is 4.79 Å². The van der Waals surface area contributed by atoms with Crippen molar-refractivity contribution in [2.75, 3.05) is 0 Å². The molecule has 0 saturated carbocycles. The molecule has 2 aromatic heterocycles. The Morgan fingerprint density at radius 3 is 3.06 bits per heavy atom. The molecule has 0 aliphatic rings. The lowest BCUT2D eigenvalue weighted by Crippen LogP contribution is -2.23. The third kappa shape index (κ3) is 2.37. The van der Waals surface area contributed by atoms with Crippen LogP contribution in [0.25, 0.3) is 0 Å². The van der Waals surface area contributed by atoms with Gasteiger partial charge in [-0.05, 0) is 18.6 Å². The number of aromatic nitrogens is 3. The number of pyridine rings is 1. The van der Waals surface area contributed by atoms with Gasteiger partial charge < -0.3 is 0 Å². The summed E-state index contributed by atoms with van der Waals surface area (Å²) in [4.78, 5) is 19.2. The van der Waals surface area contributed by atoms with Gasteiger partial charge in [-0.3, -0.25) is 4.57 Å². The number of aryl methyl sites for hydroxylation is 1. The minimum atomic E-state index is -0.330. The highest BCUT2D eigenvalue weighted by molar-refractivity contribution is 5.30. The van der Waals surface area contributed by atoms with Crippen LogP contribution in [-0.2, 0) is 6.54 Å². The van der Waals surface area contributed by atoms with Gasteiger partial charge in [0.05, 0.1) is 6.54 Å². The van der Waals surface area contributed by atoms with E-state index in [0.717, 1.165) is 5.56 Å². The number of rotatable bonds is 2. The number of nitriles is 1. The maximum absolute atomic E-state index is 11.5. The molecule has 0 bridgehead atoms. The van der Waals surface area contributed by atoms with Crippen LogP contribution in [0.2, 0.25) is 0 Å². The van der Waals surface area contributed by atoms with E-state index in [-0.39, 0.29) is 5.69 Å². The van der Waals surface area contributed by atoms with E-state index < -0.39 is 0 Å². The number of nitrogens with zero attached hydrogens (tertiary/aromatic N) is 4. The predicted molar refractivity (Wildman–Crippen MR) is 61.3 cm³/mol. The van der Waals surface area contributed by atoms with Crippen molar-refractivity contribution >= 4 is 0 Å². The second-order valence-corrected chi connectivity index (χ2v) is 3.66. The summed E-state index contributed by atoms with van der Waals surface area (Å²) < 4.78 is 1.47. The molecule has 0 saturated heterocycles. The molecule has 0 fully saturated rings. The Kier molecular flexibility index (Phi) is 2.97. The number of hydrogen-bond donors (Lipinski definition) is 0. The zero-order valence-electron chi connectivity index (χ0n) is 9.29. The quantitative estimate of drug-likeness (QED) is 0.761. The molecule has 0 amide bonds. The van der Waals surface area contributed by atoms with Crippen molar-refractivity contribution in [1.82, 2.24) is 14.5 Å². The van der Waals surface area contributed by atoms with Gasteiger partial charge in [0, 0.05) is 24.2 Å². The van der Waals surface area contributed by atoms with Crippen molar-refractivity contribution in [1.29, 1.82) is 5.26 Å². The van der Waals surface area contributed by atoms with E-state index in [1.807, 2.05) is 13.0 Å². The lowest BCUT2D eigenvalue weighted by Gasteiger charge is -2.06. The molecular weight excluding hydrogens is 216 g/mol. The van der Waals surface area contributed by atoms with Crippen LogP contribution in [0.15, 0.2) is 35.5 Å². The lowest BCUT2D eigenvalue weighted by molar-refractivity contribution is 0.717. The van der Waals surface area contributed by atoms with Gasteiger partial charge >= 0.3 is 5.69 Å². The second-order valence-electron chi connectivity index (χ2n) is 3.66. The Morgan fingerprint density at radius 1 is 1.47 bits per heavy atom.